The third-order valence-electron chi connectivity index (χ3n) is 5.95. The predicted octanol–water partition coefficient (Wildman–Crippen LogP) is 2.34. The first kappa shape index (κ1) is 14.5. The molecule has 5 heteroatoms. The first-order valence-electron chi connectivity index (χ1n) is 8.01. The molecule has 2 aliphatic carbocycles. The minimum absolute atomic E-state index is 0.0911. The maximum atomic E-state index is 12.9. The molecule has 2 atom stereocenters. The first-order chi connectivity index (χ1) is 9.91. The summed E-state index contributed by atoms with van der Waals surface area (Å²) in [5.74, 6) is -1.14. The summed E-state index contributed by atoms with van der Waals surface area (Å²) in [5, 5.41) is 9.53. The van der Waals surface area contributed by atoms with Crippen LogP contribution < -0.4 is 0 Å². The van der Waals surface area contributed by atoms with Crippen molar-refractivity contribution >= 4 is 17.8 Å². The van der Waals surface area contributed by atoms with Crippen LogP contribution in [-0.4, -0.2) is 33.8 Å². The molecular formula is C16H23NO4. The molecule has 5 nitrogen and oxygen atoms in total. The van der Waals surface area contributed by atoms with Crippen LogP contribution in [0, 0.1) is 10.8 Å². The zero-order valence-corrected chi connectivity index (χ0v) is 12.6. The zero-order chi connectivity index (χ0) is 15.3. The Labute approximate surface area is 124 Å². The minimum Gasteiger partial charge on any atom is -0.481 e. The summed E-state index contributed by atoms with van der Waals surface area (Å²) in [6.07, 6.45) is 6.89. The second-order valence-electron chi connectivity index (χ2n) is 7.22. The SMILES string of the molecule is CC1(C(=O)O)CCCC1N1C(=O)CC2(CCCCC2)C1=O. The molecule has 2 unspecified atom stereocenters. The van der Waals surface area contributed by atoms with Gasteiger partial charge in [0.1, 0.15) is 0 Å². The van der Waals surface area contributed by atoms with Gasteiger partial charge in [-0.25, -0.2) is 0 Å². The molecule has 0 aromatic heterocycles. The summed E-state index contributed by atoms with van der Waals surface area (Å²) in [6, 6.07) is -0.462. The van der Waals surface area contributed by atoms with Crippen molar-refractivity contribution in [1.29, 1.82) is 0 Å². The number of hydrogen-bond acceptors (Lipinski definition) is 3. The van der Waals surface area contributed by atoms with Gasteiger partial charge in [0.2, 0.25) is 11.8 Å². The zero-order valence-electron chi connectivity index (χ0n) is 12.6. The first-order valence-corrected chi connectivity index (χ1v) is 8.01. The second-order valence-corrected chi connectivity index (χ2v) is 7.22. The summed E-state index contributed by atoms with van der Waals surface area (Å²) in [4.78, 5) is 38.3. The van der Waals surface area contributed by atoms with Crippen LogP contribution in [0.15, 0.2) is 0 Å². The second kappa shape index (κ2) is 4.82. The Hall–Kier alpha value is -1.39. The molecule has 0 radical (unpaired) electrons. The molecule has 1 heterocycles. The molecule has 1 saturated heterocycles. The van der Waals surface area contributed by atoms with Crippen molar-refractivity contribution in [2.75, 3.05) is 0 Å². The quantitative estimate of drug-likeness (QED) is 0.793. The van der Waals surface area contributed by atoms with Gasteiger partial charge in [-0.2, -0.15) is 0 Å². The number of carboxylic acids is 1. The van der Waals surface area contributed by atoms with Gasteiger partial charge in [0, 0.05) is 6.42 Å². The Bertz CT molecular complexity index is 495. The van der Waals surface area contributed by atoms with Gasteiger partial charge in [-0.05, 0) is 32.6 Å². The molecule has 1 aliphatic heterocycles. The highest BCUT2D eigenvalue weighted by Gasteiger charge is 2.58. The summed E-state index contributed by atoms with van der Waals surface area (Å²) >= 11 is 0. The fourth-order valence-corrected chi connectivity index (χ4v) is 4.56. The Morgan fingerprint density at radius 3 is 2.43 bits per heavy atom. The molecular weight excluding hydrogens is 270 g/mol. The molecule has 2 amide bonds. The number of nitrogens with zero attached hydrogens (tertiary/aromatic N) is 1. The lowest BCUT2D eigenvalue weighted by molar-refractivity contribution is -0.156. The number of amides is 2. The predicted molar refractivity (Wildman–Crippen MR) is 75.4 cm³/mol. The van der Waals surface area contributed by atoms with E-state index in [0.717, 1.165) is 38.5 Å². The van der Waals surface area contributed by atoms with Crippen LogP contribution in [0.2, 0.25) is 0 Å². The van der Waals surface area contributed by atoms with Crippen molar-refractivity contribution in [2.45, 2.75) is 70.8 Å². The maximum Gasteiger partial charge on any atom is 0.311 e. The van der Waals surface area contributed by atoms with Gasteiger partial charge >= 0.3 is 5.97 Å². The van der Waals surface area contributed by atoms with E-state index in [2.05, 4.69) is 0 Å². The third-order valence-corrected chi connectivity index (χ3v) is 5.95. The lowest BCUT2D eigenvalue weighted by Crippen LogP contribution is -2.51. The normalized spacial score (nSPS) is 35.7. The lowest BCUT2D eigenvalue weighted by Gasteiger charge is -2.36. The molecule has 0 aromatic carbocycles. The van der Waals surface area contributed by atoms with Crippen molar-refractivity contribution in [3.05, 3.63) is 0 Å². The molecule has 2 saturated carbocycles. The molecule has 116 valence electrons. The van der Waals surface area contributed by atoms with Crippen molar-refractivity contribution < 1.29 is 19.5 Å². The van der Waals surface area contributed by atoms with E-state index in [0.29, 0.717) is 12.8 Å². The van der Waals surface area contributed by atoms with Crippen LogP contribution in [-0.2, 0) is 14.4 Å². The lowest BCUT2D eigenvalue weighted by atomic mass is 9.73. The number of carbonyl (C=O) groups excluding carboxylic acids is 2. The van der Waals surface area contributed by atoms with Gasteiger partial charge < -0.3 is 5.11 Å². The molecule has 0 aromatic rings. The van der Waals surface area contributed by atoms with Crippen LogP contribution in [0.4, 0.5) is 0 Å². The van der Waals surface area contributed by atoms with E-state index >= 15 is 0 Å². The van der Waals surface area contributed by atoms with Crippen LogP contribution in [0.1, 0.15) is 64.7 Å². The number of likely N-dealkylation sites (tertiary alicyclic amines) is 1. The van der Waals surface area contributed by atoms with E-state index in [1.165, 1.54) is 4.90 Å². The fourth-order valence-electron chi connectivity index (χ4n) is 4.56. The van der Waals surface area contributed by atoms with E-state index < -0.39 is 22.8 Å². The highest BCUT2D eigenvalue weighted by Crippen LogP contribution is 2.50. The van der Waals surface area contributed by atoms with Crippen LogP contribution in [0.25, 0.3) is 0 Å². The van der Waals surface area contributed by atoms with E-state index in [-0.39, 0.29) is 18.2 Å². The minimum atomic E-state index is -0.981. The monoisotopic (exact) mass is 293 g/mol. The molecule has 3 rings (SSSR count). The van der Waals surface area contributed by atoms with Gasteiger partial charge in [0.15, 0.2) is 0 Å². The largest absolute Gasteiger partial charge is 0.481 e. The standard InChI is InChI=1S/C16H23NO4/c1-15(14(20)21)7-5-6-11(15)17-12(18)10-16(13(17)19)8-3-2-4-9-16/h11H,2-10H2,1H3,(H,20,21). The van der Waals surface area contributed by atoms with Gasteiger partial charge in [0.25, 0.3) is 0 Å². The number of imide groups is 1. The van der Waals surface area contributed by atoms with Crippen molar-refractivity contribution in [3.63, 3.8) is 0 Å². The molecule has 3 aliphatic rings. The van der Waals surface area contributed by atoms with Gasteiger partial charge in [-0.3, -0.25) is 19.3 Å². The van der Waals surface area contributed by atoms with Crippen LogP contribution in [0.5, 0.6) is 0 Å². The number of hydrogen-bond donors (Lipinski definition) is 1. The average molecular weight is 293 g/mol. The van der Waals surface area contributed by atoms with Gasteiger partial charge in [-0.15, -0.1) is 0 Å². The maximum absolute atomic E-state index is 12.9. The third kappa shape index (κ3) is 2.00. The van der Waals surface area contributed by atoms with E-state index in [9.17, 15) is 19.5 Å². The molecule has 1 spiro atoms. The fraction of sp³-hybridized carbons (Fsp3) is 0.812. The summed E-state index contributed by atoms with van der Waals surface area (Å²) in [7, 11) is 0. The number of rotatable bonds is 2. The average Bonchev–Trinajstić information content (AvgIpc) is 2.92. The number of carbonyl (C=O) groups is 3. The van der Waals surface area contributed by atoms with Crippen LogP contribution in [0.3, 0.4) is 0 Å². The number of aliphatic carboxylic acids is 1. The van der Waals surface area contributed by atoms with Gasteiger partial charge in [0.05, 0.1) is 16.9 Å². The molecule has 1 N–H and O–H groups in total. The van der Waals surface area contributed by atoms with Gasteiger partial charge in [-0.1, -0.05) is 25.7 Å². The molecule has 21 heavy (non-hydrogen) atoms. The smallest absolute Gasteiger partial charge is 0.311 e. The van der Waals surface area contributed by atoms with Crippen LogP contribution >= 0.6 is 0 Å². The topological polar surface area (TPSA) is 74.7 Å². The van der Waals surface area contributed by atoms with Crippen molar-refractivity contribution in [2.24, 2.45) is 10.8 Å². The molecule has 0 bridgehead atoms. The Morgan fingerprint density at radius 1 is 1.14 bits per heavy atom. The number of carboxylic acid groups (broad SMARTS) is 1. The summed E-state index contributed by atoms with van der Waals surface area (Å²) in [5.41, 5.74) is -1.50. The summed E-state index contributed by atoms with van der Waals surface area (Å²) in [6.45, 7) is 1.68. The Balaban J connectivity index is 1.90. The summed E-state index contributed by atoms with van der Waals surface area (Å²) < 4.78 is 0. The Morgan fingerprint density at radius 2 is 1.81 bits per heavy atom. The van der Waals surface area contributed by atoms with E-state index in [4.69, 9.17) is 0 Å². The van der Waals surface area contributed by atoms with E-state index in [1.54, 1.807) is 6.92 Å². The van der Waals surface area contributed by atoms with Crippen molar-refractivity contribution in [1.82, 2.24) is 4.90 Å². The van der Waals surface area contributed by atoms with E-state index in [1.807, 2.05) is 0 Å². The Kier molecular flexibility index (Phi) is 3.34. The highest BCUT2D eigenvalue weighted by molar-refractivity contribution is 6.06. The highest BCUT2D eigenvalue weighted by atomic mass is 16.4. The molecule has 3 fully saturated rings. The van der Waals surface area contributed by atoms with Crippen molar-refractivity contribution in [3.8, 4) is 0 Å².